The lowest BCUT2D eigenvalue weighted by Gasteiger charge is -2.08. The Kier molecular flexibility index (Phi) is 6.97. The van der Waals surface area contributed by atoms with Crippen LogP contribution in [-0.4, -0.2) is 31.8 Å². The molecule has 0 unspecified atom stereocenters. The first-order valence-electron chi connectivity index (χ1n) is 7.07. The van der Waals surface area contributed by atoms with Crippen LogP contribution in [0.2, 0.25) is 5.02 Å². The SMILES string of the molecule is COC(=O)COc1ccc(Br)cc1/C=N\NC(=O)c1ccc(Cl)cc1. The van der Waals surface area contributed by atoms with Gasteiger partial charge in [0, 0.05) is 20.6 Å². The van der Waals surface area contributed by atoms with Gasteiger partial charge in [0.1, 0.15) is 5.75 Å². The second-order valence-corrected chi connectivity index (χ2v) is 6.11. The minimum atomic E-state index is -0.498. The first-order valence-corrected chi connectivity index (χ1v) is 8.25. The molecular formula is C17H14BrClN2O4. The van der Waals surface area contributed by atoms with Crippen LogP contribution in [-0.2, 0) is 9.53 Å². The van der Waals surface area contributed by atoms with Crippen LogP contribution in [0.1, 0.15) is 15.9 Å². The topological polar surface area (TPSA) is 77.0 Å². The summed E-state index contributed by atoms with van der Waals surface area (Å²) >= 11 is 9.13. The summed E-state index contributed by atoms with van der Waals surface area (Å²) in [5.74, 6) is -0.445. The highest BCUT2D eigenvalue weighted by molar-refractivity contribution is 9.10. The molecule has 1 amide bonds. The Balaban J connectivity index is 2.06. The Labute approximate surface area is 157 Å². The van der Waals surface area contributed by atoms with Crippen molar-refractivity contribution in [1.29, 1.82) is 0 Å². The largest absolute Gasteiger partial charge is 0.481 e. The standard InChI is InChI=1S/C17H14BrClN2O4/c1-24-16(22)10-25-15-7-4-13(18)8-12(15)9-20-21-17(23)11-2-5-14(19)6-3-11/h2-9H,10H2,1H3,(H,21,23)/b20-9-. The van der Waals surface area contributed by atoms with Crippen molar-refractivity contribution in [2.45, 2.75) is 0 Å². The lowest BCUT2D eigenvalue weighted by molar-refractivity contribution is -0.142. The Hall–Kier alpha value is -2.38. The van der Waals surface area contributed by atoms with Gasteiger partial charge in [-0.1, -0.05) is 27.5 Å². The number of ether oxygens (including phenoxy) is 2. The number of amides is 1. The van der Waals surface area contributed by atoms with E-state index in [1.807, 2.05) is 0 Å². The van der Waals surface area contributed by atoms with Gasteiger partial charge in [-0.05, 0) is 42.5 Å². The molecule has 0 aliphatic rings. The summed E-state index contributed by atoms with van der Waals surface area (Å²) in [6.45, 7) is -0.226. The van der Waals surface area contributed by atoms with Crippen LogP contribution in [0, 0.1) is 0 Å². The summed E-state index contributed by atoms with van der Waals surface area (Å²) in [6, 6.07) is 11.6. The Morgan fingerprint density at radius 2 is 1.96 bits per heavy atom. The molecule has 2 aromatic rings. The molecule has 0 fully saturated rings. The van der Waals surface area contributed by atoms with E-state index in [4.69, 9.17) is 16.3 Å². The molecule has 0 atom stereocenters. The molecule has 0 spiro atoms. The van der Waals surface area contributed by atoms with E-state index < -0.39 is 5.97 Å². The third kappa shape index (κ3) is 5.88. The fourth-order valence-electron chi connectivity index (χ4n) is 1.77. The molecule has 1 N–H and O–H groups in total. The van der Waals surface area contributed by atoms with E-state index in [2.05, 4.69) is 31.2 Å². The second-order valence-electron chi connectivity index (χ2n) is 4.75. The number of methoxy groups -OCH3 is 1. The summed E-state index contributed by atoms with van der Waals surface area (Å²) in [4.78, 5) is 23.2. The van der Waals surface area contributed by atoms with Gasteiger partial charge >= 0.3 is 5.97 Å². The lowest BCUT2D eigenvalue weighted by atomic mass is 10.2. The summed E-state index contributed by atoms with van der Waals surface area (Å²) in [7, 11) is 1.28. The van der Waals surface area contributed by atoms with Crippen molar-refractivity contribution >= 4 is 45.6 Å². The quantitative estimate of drug-likeness (QED) is 0.437. The van der Waals surface area contributed by atoms with Crippen molar-refractivity contribution < 1.29 is 19.1 Å². The van der Waals surface area contributed by atoms with Crippen molar-refractivity contribution in [2.75, 3.05) is 13.7 Å². The Morgan fingerprint density at radius 3 is 2.64 bits per heavy atom. The number of hydrazone groups is 1. The molecule has 8 heteroatoms. The monoisotopic (exact) mass is 424 g/mol. The molecule has 2 aromatic carbocycles. The number of hydrogen-bond donors (Lipinski definition) is 1. The summed E-state index contributed by atoms with van der Waals surface area (Å²) in [6.07, 6.45) is 1.42. The maximum atomic E-state index is 12.0. The van der Waals surface area contributed by atoms with Crippen LogP contribution in [0.15, 0.2) is 52.0 Å². The van der Waals surface area contributed by atoms with Gasteiger partial charge in [0.05, 0.1) is 13.3 Å². The number of benzene rings is 2. The van der Waals surface area contributed by atoms with Crippen molar-refractivity contribution in [3.63, 3.8) is 0 Å². The zero-order valence-corrected chi connectivity index (χ0v) is 15.5. The summed E-state index contributed by atoms with van der Waals surface area (Å²) in [5.41, 5.74) is 3.42. The van der Waals surface area contributed by atoms with Crippen LogP contribution in [0.3, 0.4) is 0 Å². The third-order valence-electron chi connectivity index (χ3n) is 3.02. The van der Waals surface area contributed by atoms with Crippen molar-refractivity contribution in [3.8, 4) is 5.75 Å². The average Bonchev–Trinajstić information content (AvgIpc) is 2.61. The predicted molar refractivity (Wildman–Crippen MR) is 98.2 cm³/mol. The van der Waals surface area contributed by atoms with E-state index in [1.165, 1.54) is 13.3 Å². The van der Waals surface area contributed by atoms with E-state index in [0.29, 0.717) is 21.9 Å². The lowest BCUT2D eigenvalue weighted by Crippen LogP contribution is -2.17. The smallest absolute Gasteiger partial charge is 0.343 e. The first kappa shape index (κ1) is 19.0. The number of hydrogen-bond acceptors (Lipinski definition) is 5. The summed E-state index contributed by atoms with van der Waals surface area (Å²) < 4.78 is 10.7. The number of esters is 1. The maximum Gasteiger partial charge on any atom is 0.343 e. The fourth-order valence-corrected chi connectivity index (χ4v) is 2.28. The van der Waals surface area contributed by atoms with Crippen molar-refractivity contribution in [3.05, 3.63) is 63.1 Å². The zero-order chi connectivity index (χ0) is 18.2. The van der Waals surface area contributed by atoms with Crippen LogP contribution in [0.4, 0.5) is 0 Å². The highest BCUT2D eigenvalue weighted by atomic mass is 79.9. The van der Waals surface area contributed by atoms with Gasteiger partial charge < -0.3 is 9.47 Å². The molecule has 0 heterocycles. The van der Waals surface area contributed by atoms with E-state index >= 15 is 0 Å². The molecule has 0 saturated carbocycles. The maximum absolute atomic E-state index is 12.0. The molecule has 2 rings (SSSR count). The predicted octanol–water partition coefficient (Wildman–Crippen LogP) is 3.42. The van der Waals surface area contributed by atoms with Crippen LogP contribution in [0.25, 0.3) is 0 Å². The molecule has 0 aliphatic carbocycles. The molecule has 25 heavy (non-hydrogen) atoms. The van der Waals surface area contributed by atoms with Gasteiger partial charge in [0.15, 0.2) is 6.61 Å². The van der Waals surface area contributed by atoms with Gasteiger partial charge in [-0.3, -0.25) is 4.79 Å². The fraction of sp³-hybridized carbons (Fsp3) is 0.118. The van der Waals surface area contributed by atoms with Crippen molar-refractivity contribution in [2.24, 2.45) is 5.10 Å². The van der Waals surface area contributed by atoms with Gasteiger partial charge in [0.25, 0.3) is 5.91 Å². The molecule has 0 radical (unpaired) electrons. The molecular weight excluding hydrogens is 412 g/mol. The Bertz CT molecular complexity index is 794. The number of halogens is 2. The highest BCUT2D eigenvalue weighted by Crippen LogP contribution is 2.21. The first-order chi connectivity index (χ1) is 12.0. The second kappa shape index (κ2) is 9.19. The van der Waals surface area contributed by atoms with E-state index in [1.54, 1.807) is 42.5 Å². The van der Waals surface area contributed by atoms with Crippen molar-refractivity contribution in [1.82, 2.24) is 5.43 Å². The normalized spacial score (nSPS) is 10.5. The van der Waals surface area contributed by atoms with Crippen LogP contribution < -0.4 is 10.2 Å². The summed E-state index contributed by atoms with van der Waals surface area (Å²) in [5, 5.41) is 4.46. The molecule has 6 nitrogen and oxygen atoms in total. The number of nitrogens with zero attached hydrogens (tertiary/aromatic N) is 1. The van der Waals surface area contributed by atoms with E-state index in [0.717, 1.165) is 4.47 Å². The van der Waals surface area contributed by atoms with Crippen LogP contribution >= 0.6 is 27.5 Å². The number of nitrogens with one attached hydrogen (secondary N) is 1. The Morgan fingerprint density at radius 1 is 1.24 bits per heavy atom. The number of rotatable bonds is 6. The zero-order valence-electron chi connectivity index (χ0n) is 13.2. The van der Waals surface area contributed by atoms with E-state index in [-0.39, 0.29) is 12.5 Å². The number of carbonyl (C=O) groups excluding carboxylic acids is 2. The average molecular weight is 426 g/mol. The molecule has 0 aliphatic heterocycles. The molecule has 130 valence electrons. The number of carbonyl (C=O) groups is 2. The van der Waals surface area contributed by atoms with Gasteiger partial charge in [0.2, 0.25) is 0 Å². The van der Waals surface area contributed by atoms with Crippen LogP contribution in [0.5, 0.6) is 5.75 Å². The minimum absolute atomic E-state index is 0.226. The minimum Gasteiger partial charge on any atom is -0.481 e. The van der Waals surface area contributed by atoms with Gasteiger partial charge in [-0.2, -0.15) is 5.10 Å². The molecule has 0 bridgehead atoms. The van der Waals surface area contributed by atoms with E-state index in [9.17, 15) is 9.59 Å². The highest BCUT2D eigenvalue weighted by Gasteiger charge is 2.07. The molecule has 0 aromatic heterocycles. The third-order valence-corrected chi connectivity index (χ3v) is 3.77. The van der Waals surface area contributed by atoms with Gasteiger partial charge in [-0.25, -0.2) is 10.2 Å². The van der Waals surface area contributed by atoms with Gasteiger partial charge in [-0.15, -0.1) is 0 Å². The molecule has 0 saturated heterocycles.